The minimum Gasteiger partial charge on any atom is -0.507 e. The van der Waals surface area contributed by atoms with Crippen molar-refractivity contribution in [3.63, 3.8) is 0 Å². The van der Waals surface area contributed by atoms with Crippen LogP contribution < -0.4 is 15.6 Å². The Kier molecular flexibility index (Phi) is 4.66. The molecule has 2 aliphatic rings. The van der Waals surface area contributed by atoms with Crippen molar-refractivity contribution in [3.05, 3.63) is 46.9 Å². The van der Waals surface area contributed by atoms with Gasteiger partial charge in [-0.3, -0.25) is 4.79 Å². The Labute approximate surface area is 172 Å². The first-order valence-corrected chi connectivity index (χ1v) is 10.2. The number of halogens is 1. The number of aromatic nitrogens is 3. The molecule has 8 heteroatoms. The van der Waals surface area contributed by atoms with Crippen molar-refractivity contribution in [1.29, 1.82) is 0 Å². The molecule has 2 aromatic heterocycles. The minimum atomic E-state index is -1.08. The molecule has 1 aromatic carbocycles. The van der Waals surface area contributed by atoms with Gasteiger partial charge in [0.15, 0.2) is 6.17 Å². The molecule has 5 rings (SSSR count). The number of nitrogens with zero attached hydrogens (tertiary/aromatic N) is 3. The normalized spacial score (nSPS) is 25.9. The lowest BCUT2D eigenvalue weighted by molar-refractivity contribution is 0.00652. The maximum atomic E-state index is 14.7. The lowest BCUT2D eigenvalue weighted by Gasteiger charge is -2.42. The summed E-state index contributed by atoms with van der Waals surface area (Å²) >= 11 is 0. The average molecular weight is 410 g/mol. The Morgan fingerprint density at radius 1 is 1.23 bits per heavy atom. The largest absolute Gasteiger partial charge is 0.507 e. The average Bonchev–Trinajstić information content (AvgIpc) is 2.75. The molecule has 2 aliphatic heterocycles. The number of hydrogen-bond acceptors (Lipinski definition) is 6. The summed E-state index contributed by atoms with van der Waals surface area (Å²) in [6.07, 6.45) is 3.54. The molecule has 0 radical (unpaired) electrons. The molecule has 30 heavy (non-hydrogen) atoms. The van der Waals surface area contributed by atoms with Crippen LogP contribution in [0.25, 0.3) is 22.0 Å². The summed E-state index contributed by atoms with van der Waals surface area (Å²) in [5.41, 5.74) is 0.656. The molecule has 2 N–H and O–H groups in total. The van der Waals surface area contributed by atoms with Gasteiger partial charge in [0.1, 0.15) is 11.9 Å². The molecular weight excluding hydrogens is 387 g/mol. The molecule has 4 heterocycles. The number of phenols is 1. The highest BCUT2D eigenvalue weighted by atomic mass is 19.1. The summed E-state index contributed by atoms with van der Waals surface area (Å²) in [6.45, 7) is 0. The molecule has 0 spiro atoms. The third-order valence-corrected chi connectivity index (χ3v) is 6.16. The summed E-state index contributed by atoms with van der Waals surface area (Å²) in [7, 11) is 1.67. The van der Waals surface area contributed by atoms with E-state index in [2.05, 4.69) is 15.5 Å². The topological polar surface area (TPSA) is 89.3 Å². The number of phenolic OH excluding ortho intramolecular Hbond substituents is 1. The molecule has 4 atom stereocenters. The number of piperidine rings is 2. The number of nitrogens with one attached hydrogen (secondary N) is 1. The van der Waals surface area contributed by atoms with E-state index in [1.807, 2.05) is 0 Å². The van der Waals surface area contributed by atoms with Crippen molar-refractivity contribution in [1.82, 2.24) is 20.1 Å². The van der Waals surface area contributed by atoms with E-state index >= 15 is 0 Å². The van der Waals surface area contributed by atoms with Gasteiger partial charge >= 0.3 is 0 Å². The van der Waals surface area contributed by atoms with E-state index < -0.39 is 12.3 Å². The van der Waals surface area contributed by atoms with Gasteiger partial charge in [0.05, 0.1) is 5.69 Å². The van der Waals surface area contributed by atoms with E-state index in [0.717, 1.165) is 19.3 Å². The molecular formula is C22H23FN4O3. The summed E-state index contributed by atoms with van der Waals surface area (Å²) in [6, 6.07) is 8.33. The van der Waals surface area contributed by atoms with Crippen molar-refractivity contribution in [3.8, 4) is 22.9 Å². The molecule has 0 saturated carbocycles. The van der Waals surface area contributed by atoms with Gasteiger partial charge in [-0.15, -0.1) is 10.2 Å². The fourth-order valence-electron chi connectivity index (χ4n) is 4.54. The van der Waals surface area contributed by atoms with Crippen LogP contribution >= 0.6 is 0 Å². The number of aryl methyl sites for hydroxylation is 1. The number of alkyl halides is 1. The molecule has 2 fully saturated rings. The standard InChI is InChI=1S/C22H23FN4O3/c1-27-8-7-12-9-18(28)15(11-14(12)22(27)29)16-5-6-20(26-25-16)30-19-10-13-3-2-4-17(24-13)21(19)23/h5-9,11,13,17,19,21,24,28H,2-4,10H2,1H3/t13?,17?,19-,21+/m1/s1. The van der Waals surface area contributed by atoms with Gasteiger partial charge in [-0.25, -0.2) is 4.39 Å². The Morgan fingerprint density at radius 3 is 2.90 bits per heavy atom. The maximum Gasteiger partial charge on any atom is 0.258 e. The zero-order valence-electron chi connectivity index (χ0n) is 16.6. The molecule has 156 valence electrons. The van der Waals surface area contributed by atoms with E-state index in [1.165, 1.54) is 4.57 Å². The van der Waals surface area contributed by atoms with Crippen molar-refractivity contribution in [2.75, 3.05) is 0 Å². The van der Waals surface area contributed by atoms with E-state index in [-0.39, 0.29) is 29.3 Å². The van der Waals surface area contributed by atoms with E-state index in [1.54, 1.807) is 43.6 Å². The fraction of sp³-hybridized carbons (Fsp3) is 0.409. The Balaban J connectivity index is 1.41. The third kappa shape index (κ3) is 3.31. The second-order valence-electron chi connectivity index (χ2n) is 8.18. The van der Waals surface area contributed by atoms with Crippen LogP contribution in [-0.2, 0) is 7.05 Å². The van der Waals surface area contributed by atoms with Crippen molar-refractivity contribution in [2.45, 2.75) is 50.0 Å². The molecule has 2 bridgehead atoms. The van der Waals surface area contributed by atoms with Gasteiger partial charge < -0.3 is 19.7 Å². The van der Waals surface area contributed by atoms with Crippen LogP contribution in [0.15, 0.2) is 41.3 Å². The summed E-state index contributed by atoms with van der Waals surface area (Å²) in [5.74, 6) is 0.260. The number of aromatic hydroxyl groups is 1. The first kappa shape index (κ1) is 19.0. The van der Waals surface area contributed by atoms with E-state index in [9.17, 15) is 14.3 Å². The van der Waals surface area contributed by atoms with Crippen molar-refractivity contribution in [2.24, 2.45) is 7.05 Å². The predicted molar refractivity (Wildman–Crippen MR) is 110 cm³/mol. The number of rotatable bonds is 3. The molecule has 7 nitrogen and oxygen atoms in total. The van der Waals surface area contributed by atoms with Crippen LogP contribution in [0.3, 0.4) is 0 Å². The van der Waals surface area contributed by atoms with Crippen LogP contribution in [0.1, 0.15) is 25.7 Å². The summed E-state index contributed by atoms with van der Waals surface area (Å²) < 4.78 is 22.0. The summed E-state index contributed by atoms with van der Waals surface area (Å²) in [5, 5.41) is 23.1. The number of benzene rings is 1. The van der Waals surface area contributed by atoms with Crippen LogP contribution in [0, 0.1) is 0 Å². The highest BCUT2D eigenvalue weighted by Gasteiger charge is 2.41. The van der Waals surface area contributed by atoms with Gasteiger partial charge in [-0.2, -0.15) is 0 Å². The first-order chi connectivity index (χ1) is 14.5. The predicted octanol–water partition coefficient (Wildman–Crippen LogP) is 2.70. The lowest BCUT2D eigenvalue weighted by atomic mass is 9.84. The van der Waals surface area contributed by atoms with Gasteiger partial charge in [0, 0.05) is 48.8 Å². The van der Waals surface area contributed by atoms with Gasteiger partial charge in [0.2, 0.25) is 5.88 Å². The SMILES string of the molecule is Cn1ccc2cc(O)c(-c3ccc(O[C@@H]4CC5CCCC(N5)[C@@H]4F)nn3)cc2c1=O. The Bertz CT molecular complexity index is 1150. The van der Waals surface area contributed by atoms with Gasteiger partial charge in [-0.1, -0.05) is 6.42 Å². The minimum absolute atomic E-state index is 0.00808. The van der Waals surface area contributed by atoms with Crippen molar-refractivity contribution < 1.29 is 14.2 Å². The molecule has 3 aromatic rings. The monoisotopic (exact) mass is 410 g/mol. The van der Waals surface area contributed by atoms with Gasteiger partial charge in [0.25, 0.3) is 5.56 Å². The van der Waals surface area contributed by atoms with Gasteiger partial charge in [-0.05, 0) is 42.5 Å². The molecule has 0 aliphatic carbocycles. The highest BCUT2D eigenvalue weighted by molar-refractivity contribution is 5.89. The Morgan fingerprint density at radius 2 is 2.10 bits per heavy atom. The third-order valence-electron chi connectivity index (χ3n) is 6.16. The fourth-order valence-corrected chi connectivity index (χ4v) is 4.54. The summed E-state index contributed by atoms with van der Waals surface area (Å²) in [4.78, 5) is 12.4. The van der Waals surface area contributed by atoms with Crippen LogP contribution in [0.2, 0.25) is 0 Å². The van der Waals surface area contributed by atoms with E-state index in [0.29, 0.717) is 28.5 Å². The zero-order valence-corrected chi connectivity index (χ0v) is 16.6. The zero-order chi connectivity index (χ0) is 20.8. The smallest absolute Gasteiger partial charge is 0.258 e. The first-order valence-electron chi connectivity index (χ1n) is 10.2. The molecule has 0 amide bonds. The second-order valence-corrected chi connectivity index (χ2v) is 8.18. The number of hydrogen-bond donors (Lipinski definition) is 2. The lowest BCUT2D eigenvalue weighted by Crippen LogP contribution is -2.59. The highest BCUT2D eigenvalue weighted by Crippen LogP contribution is 2.33. The van der Waals surface area contributed by atoms with Crippen LogP contribution in [-0.4, -0.2) is 44.2 Å². The number of fused-ring (bicyclic) bond motifs is 3. The molecule has 2 unspecified atom stereocenters. The quantitative estimate of drug-likeness (QED) is 0.690. The van der Waals surface area contributed by atoms with Crippen LogP contribution in [0.4, 0.5) is 4.39 Å². The van der Waals surface area contributed by atoms with E-state index in [4.69, 9.17) is 4.74 Å². The maximum absolute atomic E-state index is 14.7. The number of ether oxygens (including phenoxy) is 1. The Hall–Kier alpha value is -3.00. The van der Waals surface area contributed by atoms with Crippen LogP contribution in [0.5, 0.6) is 11.6 Å². The second kappa shape index (κ2) is 7.36. The van der Waals surface area contributed by atoms with Crippen molar-refractivity contribution >= 4 is 10.8 Å². The molecule has 2 saturated heterocycles. The number of pyridine rings is 1.